The molecular weight excluding hydrogens is 248 g/mol. The van der Waals surface area contributed by atoms with Crippen molar-refractivity contribution in [1.29, 1.82) is 0 Å². The van der Waals surface area contributed by atoms with Crippen LogP contribution < -0.4 is 9.80 Å². The van der Waals surface area contributed by atoms with Gasteiger partial charge in [0.2, 0.25) is 0 Å². The van der Waals surface area contributed by atoms with Gasteiger partial charge in [-0.15, -0.1) is 0 Å². The normalized spacial score (nSPS) is 25.0. The van der Waals surface area contributed by atoms with Crippen molar-refractivity contribution in [3.8, 4) is 0 Å². The Morgan fingerprint density at radius 3 is 2.45 bits per heavy atom. The fourth-order valence-corrected chi connectivity index (χ4v) is 3.15. The number of piperazine rings is 1. The van der Waals surface area contributed by atoms with Crippen molar-refractivity contribution in [2.45, 2.75) is 39.0 Å². The number of likely N-dealkylation sites (N-methyl/N-ethyl adjacent to an activating group) is 1. The summed E-state index contributed by atoms with van der Waals surface area (Å²) in [4.78, 5) is 3.48. The van der Waals surface area contributed by atoms with E-state index in [0.717, 1.165) is 5.92 Å². The number of quaternary nitrogens is 2. The minimum absolute atomic E-state index is 0.618. The lowest BCUT2D eigenvalue weighted by Gasteiger charge is -2.28. The van der Waals surface area contributed by atoms with E-state index in [2.05, 4.69) is 27.0 Å². The van der Waals surface area contributed by atoms with Crippen LogP contribution in [0.25, 0.3) is 0 Å². The first-order chi connectivity index (χ1) is 9.65. The maximum Gasteiger partial charge on any atom is 0.127 e. The van der Waals surface area contributed by atoms with E-state index in [9.17, 15) is 0 Å². The molecule has 1 atom stereocenters. The zero-order valence-electron chi connectivity index (χ0n) is 13.5. The van der Waals surface area contributed by atoms with Crippen LogP contribution in [-0.4, -0.2) is 39.8 Å². The van der Waals surface area contributed by atoms with Crippen molar-refractivity contribution in [3.05, 3.63) is 24.2 Å². The quantitative estimate of drug-likeness (QED) is 0.750. The second kappa shape index (κ2) is 7.84. The van der Waals surface area contributed by atoms with E-state index in [1.54, 1.807) is 9.80 Å². The van der Waals surface area contributed by atoms with E-state index in [1.807, 2.05) is 12.3 Å². The van der Waals surface area contributed by atoms with Crippen molar-refractivity contribution in [2.75, 3.05) is 39.8 Å². The second-order valence-electron chi connectivity index (χ2n) is 6.93. The molecule has 1 saturated heterocycles. The van der Waals surface area contributed by atoms with Gasteiger partial charge in [0.25, 0.3) is 0 Å². The monoisotopic (exact) mass is 280 g/mol. The molecule has 0 aromatic carbocycles. The second-order valence-corrected chi connectivity index (χ2v) is 6.93. The van der Waals surface area contributed by atoms with E-state index in [4.69, 9.17) is 4.42 Å². The number of furan rings is 1. The van der Waals surface area contributed by atoms with Gasteiger partial charge < -0.3 is 14.2 Å². The number of hydrogen-bond acceptors (Lipinski definition) is 1. The summed E-state index contributed by atoms with van der Waals surface area (Å²) in [6.07, 6.45) is 5.66. The van der Waals surface area contributed by atoms with Crippen LogP contribution in [0.15, 0.2) is 22.8 Å². The van der Waals surface area contributed by atoms with Crippen LogP contribution in [0.3, 0.4) is 0 Å². The molecule has 1 fully saturated rings. The standard InChI is InChI=1S/C17H30N2O/c1-15(2)6-7-16(17-5-4-14-20-17)8-9-19-12-10-18(3)11-13-19/h4-5,14-16H,6-13H2,1-3H3/p+2/t16-/m0/s1. The van der Waals surface area contributed by atoms with Gasteiger partial charge in [0.1, 0.15) is 31.9 Å². The lowest BCUT2D eigenvalue weighted by Crippen LogP contribution is -3.27. The molecule has 1 aliphatic rings. The molecule has 114 valence electrons. The summed E-state index contributed by atoms with van der Waals surface area (Å²) >= 11 is 0. The minimum Gasteiger partial charge on any atom is -0.469 e. The van der Waals surface area contributed by atoms with Crippen LogP contribution in [0.5, 0.6) is 0 Å². The molecule has 2 rings (SSSR count). The van der Waals surface area contributed by atoms with Gasteiger partial charge in [-0.1, -0.05) is 20.3 Å². The molecule has 2 N–H and O–H groups in total. The molecule has 0 radical (unpaired) electrons. The highest BCUT2D eigenvalue weighted by Gasteiger charge is 2.22. The molecule has 1 aromatic heterocycles. The third kappa shape index (κ3) is 4.95. The zero-order valence-corrected chi connectivity index (χ0v) is 13.5. The van der Waals surface area contributed by atoms with Gasteiger partial charge in [0, 0.05) is 12.3 Å². The van der Waals surface area contributed by atoms with Gasteiger partial charge in [0.05, 0.1) is 19.9 Å². The molecule has 1 aliphatic heterocycles. The summed E-state index contributed by atoms with van der Waals surface area (Å²) < 4.78 is 5.67. The summed E-state index contributed by atoms with van der Waals surface area (Å²) in [7, 11) is 2.31. The maximum absolute atomic E-state index is 5.67. The zero-order chi connectivity index (χ0) is 14.4. The van der Waals surface area contributed by atoms with E-state index < -0.39 is 0 Å². The number of nitrogens with one attached hydrogen (secondary N) is 2. The molecule has 0 aliphatic carbocycles. The SMILES string of the molecule is CC(C)CC[C@@H](CC[NH+]1CC[NH+](C)CC1)c1ccco1. The van der Waals surface area contributed by atoms with Crippen LogP contribution in [0, 0.1) is 5.92 Å². The molecule has 0 saturated carbocycles. The van der Waals surface area contributed by atoms with E-state index in [-0.39, 0.29) is 0 Å². The predicted molar refractivity (Wildman–Crippen MR) is 82.3 cm³/mol. The largest absolute Gasteiger partial charge is 0.469 e. The van der Waals surface area contributed by atoms with Crippen LogP contribution in [0.1, 0.15) is 44.8 Å². The molecule has 1 aromatic rings. The molecule has 20 heavy (non-hydrogen) atoms. The summed E-state index contributed by atoms with van der Waals surface area (Å²) in [6, 6.07) is 4.19. The Morgan fingerprint density at radius 2 is 1.85 bits per heavy atom. The highest BCUT2D eigenvalue weighted by atomic mass is 16.3. The topological polar surface area (TPSA) is 22.0 Å². The highest BCUT2D eigenvalue weighted by molar-refractivity contribution is 5.05. The Hall–Kier alpha value is -0.800. The van der Waals surface area contributed by atoms with Crippen molar-refractivity contribution in [1.82, 2.24) is 0 Å². The Labute approximate surface area is 123 Å². The van der Waals surface area contributed by atoms with Gasteiger partial charge in [-0.2, -0.15) is 0 Å². The predicted octanol–water partition coefficient (Wildman–Crippen LogP) is 0.603. The van der Waals surface area contributed by atoms with Gasteiger partial charge in [-0.25, -0.2) is 0 Å². The Morgan fingerprint density at radius 1 is 1.10 bits per heavy atom. The van der Waals surface area contributed by atoms with Gasteiger partial charge in [0.15, 0.2) is 0 Å². The van der Waals surface area contributed by atoms with E-state index in [1.165, 1.54) is 57.7 Å². The molecule has 0 unspecified atom stereocenters. The van der Waals surface area contributed by atoms with Gasteiger partial charge in [-0.05, 0) is 24.5 Å². The molecule has 0 spiro atoms. The summed E-state index contributed by atoms with van der Waals surface area (Å²) in [5.41, 5.74) is 0. The van der Waals surface area contributed by atoms with Gasteiger partial charge >= 0.3 is 0 Å². The smallest absolute Gasteiger partial charge is 0.127 e. The first kappa shape index (κ1) is 15.6. The number of rotatable bonds is 7. The van der Waals surface area contributed by atoms with Gasteiger partial charge in [-0.3, -0.25) is 0 Å². The number of hydrogen-bond donors (Lipinski definition) is 2. The fourth-order valence-electron chi connectivity index (χ4n) is 3.15. The molecule has 2 heterocycles. The molecule has 3 heteroatoms. The maximum atomic E-state index is 5.67. The van der Waals surface area contributed by atoms with Crippen molar-refractivity contribution in [2.24, 2.45) is 5.92 Å². The average molecular weight is 280 g/mol. The third-order valence-corrected chi connectivity index (χ3v) is 4.70. The molecule has 3 nitrogen and oxygen atoms in total. The fraction of sp³-hybridized carbons (Fsp3) is 0.765. The van der Waals surface area contributed by atoms with Crippen LogP contribution in [-0.2, 0) is 0 Å². The molecular formula is C17H32N2O+2. The van der Waals surface area contributed by atoms with Crippen LogP contribution >= 0.6 is 0 Å². The van der Waals surface area contributed by atoms with Crippen molar-refractivity contribution < 1.29 is 14.2 Å². The first-order valence-corrected chi connectivity index (χ1v) is 8.33. The highest BCUT2D eigenvalue weighted by Crippen LogP contribution is 2.26. The molecule has 0 bridgehead atoms. The Kier molecular flexibility index (Phi) is 6.11. The lowest BCUT2D eigenvalue weighted by molar-refractivity contribution is -1.00. The van der Waals surface area contributed by atoms with E-state index >= 15 is 0 Å². The third-order valence-electron chi connectivity index (χ3n) is 4.70. The Balaban J connectivity index is 1.81. The van der Waals surface area contributed by atoms with Crippen LogP contribution in [0.4, 0.5) is 0 Å². The average Bonchev–Trinajstić information content (AvgIpc) is 2.94. The summed E-state index contributed by atoms with van der Waals surface area (Å²) in [5, 5.41) is 0. The lowest BCUT2D eigenvalue weighted by atomic mass is 9.93. The summed E-state index contributed by atoms with van der Waals surface area (Å²) in [5.74, 6) is 2.60. The Bertz CT molecular complexity index is 353. The molecule has 0 amide bonds. The first-order valence-electron chi connectivity index (χ1n) is 8.33. The van der Waals surface area contributed by atoms with Crippen molar-refractivity contribution >= 4 is 0 Å². The van der Waals surface area contributed by atoms with Crippen molar-refractivity contribution in [3.63, 3.8) is 0 Å². The van der Waals surface area contributed by atoms with E-state index in [0.29, 0.717) is 5.92 Å². The minimum atomic E-state index is 0.618. The van der Waals surface area contributed by atoms with Crippen LogP contribution in [0.2, 0.25) is 0 Å². The summed E-state index contributed by atoms with van der Waals surface area (Å²) in [6.45, 7) is 11.2.